The van der Waals surface area contributed by atoms with Crippen LogP contribution in [0.5, 0.6) is 11.5 Å². The maximum atomic E-state index is 12.3. The third-order valence-corrected chi connectivity index (χ3v) is 4.41. The Morgan fingerprint density at radius 2 is 2.07 bits per heavy atom. The van der Waals surface area contributed by atoms with E-state index >= 15 is 0 Å². The van der Waals surface area contributed by atoms with E-state index in [9.17, 15) is 9.59 Å². The van der Waals surface area contributed by atoms with E-state index < -0.39 is 18.5 Å². The number of halogens is 2. The van der Waals surface area contributed by atoms with Gasteiger partial charge in [-0.2, -0.15) is 5.10 Å². The molecule has 0 bridgehead atoms. The van der Waals surface area contributed by atoms with Crippen molar-refractivity contribution in [3.8, 4) is 17.2 Å². The number of hydrogen-bond donors (Lipinski definition) is 1. The summed E-state index contributed by atoms with van der Waals surface area (Å²) in [7, 11) is 0. The van der Waals surface area contributed by atoms with Crippen molar-refractivity contribution in [3.63, 3.8) is 0 Å². The van der Waals surface area contributed by atoms with Crippen molar-refractivity contribution in [1.82, 2.24) is 14.8 Å². The zero-order valence-electron chi connectivity index (χ0n) is 14.6. The summed E-state index contributed by atoms with van der Waals surface area (Å²) in [6.07, 6.45) is 2.83. The number of ether oxygens (including phenoxy) is 3. The summed E-state index contributed by atoms with van der Waals surface area (Å²) >= 11 is 12.1. The molecule has 11 heteroatoms. The Morgan fingerprint density at radius 1 is 1.21 bits per heavy atom. The molecule has 3 aromatic rings. The number of anilines is 1. The van der Waals surface area contributed by atoms with E-state index in [1.54, 1.807) is 18.2 Å². The molecule has 0 saturated heterocycles. The van der Waals surface area contributed by atoms with Gasteiger partial charge in [-0.25, -0.2) is 14.5 Å². The maximum Gasteiger partial charge on any atom is 0.338 e. The predicted molar refractivity (Wildman–Crippen MR) is 103 cm³/mol. The average Bonchev–Trinajstić information content (AvgIpc) is 3.38. The van der Waals surface area contributed by atoms with Crippen LogP contribution in [-0.2, 0) is 9.53 Å². The van der Waals surface area contributed by atoms with Gasteiger partial charge in [0.2, 0.25) is 6.79 Å². The number of carbonyl (C=O) groups is 2. The highest BCUT2D eigenvalue weighted by Gasteiger charge is 2.22. The third-order valence-electron chi connectivity index (χ3n) is 3.90. The molecule has 1 aliphatic heterocycles. The number of hydrogen-bond acceptors (Lipinski definition) is 7. The molecule has 1 amide bonds. The van der Waals surface area contributed by atoms with E-state index in [0.717, 1.165) is 0 Å². The molecule has 0 radical (unpaired) electrons. The Morgan fingerprint density at radius 3 is 2.86 bits per heavy atom. The van der Waals surface area contributed by atoms with Gasteiger partial charge in [-0.15, -0.1) is 0 Å². The Balaban J connectivity index is 1.43. The first kappa shape index (κ1) is 19.0. The molecule has 0 atom stereocenters. The monoisotopic (exact) mass is 434 g/mol. The zero-order chi connectivity index (χ0) is 20.4. The van der Waals surface area contributed by atoms with Crippen molar-refractivity contribution in [1.29, 1.82) is 0 Å². The molecule has 0 aliphatic carbocycles. The lowest BCUT2D eigenvalue weighted by molar-refractivity contribution is -0.119. The summed E-state index contributed by atoms with van der Waals surface area (Å²) in [6, 6.07) is 7.70. The Kier molecular flexibility index (Phi) is 5.24. The van der Waals surface area contributed by atoms with Gasteiger partial charge in [-0.3, -0.25) is 4.79 Å². The molecule has 2 heterocycles. The van der Waals surface area contributed by atoms with Crippen LogP contribution in [0.4, 0.5) is 5.69 Å². The van der Waals surface area contributed by atoms with E-state index in [-0.39, 0.29) is 17.4 Å². The largest absolute Gasteiger partial charge is 0.454 e. The number of fused-ring (bicyclic) bond motifs is 1. The lowest BCUT2D eigenvalue weighted by Gasteiger charge is -2.12. The molecule has 1 N–H and O–H groups in total. The number of benzene rings is 2. The highest BCUT2D eigenvalue weighted by molar-refractivity contribution is 6.32. The lowest BCUT2D eigenvalue weighted by atomic mass is 10.2. The number of nitrogens with zero attached hydrogens (tertiary/aromatic N) is 3. The maximum absolute atomic E-state index is 12.3. The molecule has 0 saturated carbocycles. The van der Waals surface area contributed by atoms with Crippen LogP contribution in [0.2, 0.25) is 10.0 Å². The summed E-state index contributed by atoms with van der Waals surface area (Å²) in [4.78, 5) is 28.4. The smallest absolute Gasteiger partial charge is 0.338 e. The predicted octanol–water partition coefficient (Wildman–Crippen LogP) is 3.10. The molecule has 1 aromatic heterocycles. The van der Waals surface area contributed by atoms with Crippen molar-refractivity contribution in [3.05, 3.63) is 58.6 Å². The average molecular weight is 435 g/mol. The Bertz CT molecular complexity index is 1090. The minimum Gasteiger partial charge on any atom is -0.454 e. The fraction of sp³-hybridized carbons (Fsp3) is 0.111. The van der Waals surface area contributed by atoms with Crippen LogP contribution in [0, 0.1) is 0 Å². The minimum absolute atomic E-state index is 0.0176. The highest BCUT2D eigenvalue weighted by atomic mass is 35.5. The first-order chi connectivity index (χ1) is 14.0. The quantitative estimate of drug-likeness (QED) is 0.614. The van der Waals surface area contributed by atoms with E-state index in [1.165, 1.54) is 29.5 Å². The van der Waals surface area contributed by atoms with Gasteiger partial charge in [0.15, 0.2) is 18.1 Å². The second-order valence-corrected chi connectivity index (χ2v) is 6.66. The van der Waals surface area contributed by atoms with Crippen molar-refractivity contribution in [2.45, 2.75) is 0 Å². The van der Waals surface area contributed by atoms with Gasteiger partial charge in [0.05, 0.1) is 22.0 Å². The second-order valence-electron chi connectivity index (χ2n) is 5.82. The molecular formula is C18H12Cl2N4O5. The Labute approximate surface area is 174 Å². The number of amides is 1. The molecule has 9 nitrogen and oxygen atoms in total. The van der Waals surface area contributed by atoms with Crippen LogP contribution in [0.3, 0.4) is 0 Å². The number of nitrogens with one attached hydrogen (secondary N) is 1. The van der Waals surface area contributed by atoms with Gasteiger partial charge in [0, 0.05) is 5.02 Å². The molecule has 1 aliphatic rings. The molecule has 0 fully saturated rings. The van der Waals surface area contributed by atoms with Crippen LogP contribution in [-0.4, -0.2) is 40.0 Å². The Hall–Kier alpha value is -3.30. The number of aromatic nitrogens is 3. The number of carbonyl (C=O) groups excluding carboxylic acids is 2. The lowest BCUT2D eigenvalue weighted by Crippen LogP contribution is -2.21. The van der Waals surface area contributed by atoms with E-state index in [2.05, 4.69) is 15.4 Å². The molecule has 29 heavy (non-hydrogen) atoms. The van der Waals surface area contributed by atoms with E-state index in [4.69, 9.17) is 37.4 Å². The first-order valence-corrected chi connectivity index (χ1v) is 8.97. The minimum atomic E-state index is -0.733. The summed E-state index contributed by atoms with van der Waals surface area (Å²) < 4.78 is 16.9. The van der Waals surface area contributed by atoms with E-state index in [1.807, 2.05) is 0 Å². The molecule has 148 valence electrons. The second kappa shape index (κ2) is 7.98. The van der Waals surface area contributed by atoms with Crippen LogP contribution >= 0.6 is 23.2 Å². The first-order valence-electron chi connectivity index (χ1n) is 8.22. The van der Waals surface area contributed by atoms with Crippen LogP contribution in [0.25, 0.3) is 5.69 Å². The molecular weight excluding hydrogens is 423 g/mol. The van der Waals surface area contributed by atoms with Crippen molar-refractivity contribution in [2.24, 2.45) is 0 Å². The van der Waals surface area contributed by atoms with Gasteiger partial charge in [-0.05, 0) is 30.3 Å². The zero-order valence-corrected chi connectivity index (χ0v) is 16.1. The fourth-order valence-corrected chi connectivity index (χ4v) is 3.06. The van der Waals surface area contributed by atoms with Crippen LogP contribution < -0.4 is 14.8 Å². The topological polar surface area (TPSA) is 105 Å². The fourth-order valence-electron chi connectivity index (χ4n) is 2.63. The van der Waals surface area contributed by atoms with Crippen LogP contribution in [0.15, 0.2) is 43.0 Å². The van der Waals surface area contributed by atoms with Gasteiger partial charge in [0.1, 0.15) is 12.7 Å². The SMILES string of the molecule is O=C(COC(=O)c1cc(Cl)c2c(c1)OCO2)Nc1cc(Cl)ccc1-n1cncn1. The van der Waals surface area contributed by atoms with Gasteiger partial charge < -0.3 is 19.5 Å². The normalized spacial score (nSPS) is 11.9. The third kappa shape index (κ3) is 4.10. The molecule has 0 unspecified atom stereocenters. The number of rotatable bonds is 5. The molecule has 0 spiro atoms. The molecule has 4 rings (SSSR count). The molecule has 2 aromatic carbocycles. The van der Waals surface area contributed by atoms with Gasteiger partial charge in [-0.1, -0.05) is 23.2 Å². The summed E-state index contributed by atoms with van der Waals surface area (Å²) in [5.74, 6) is -0.593. The summed E-state index contributed by atoms with van der Waals surface area (Å²) in [5, 5.41) is 7.29. The summed E-state index contributed by atoms with van der Waals surface area (Å²) in [5.41, 5.74) is 1.07. The van der Waals surface area contributed by atoms with Crippen LogP contribution in [0.1, 0.15) is 10.4 Å². The number of esters is 1. The van der Waals surface area contributed by atoms with E-state index in [0.29, 0.717) is 27.9 Å². The van der Waals surface area contributed by atoms with Gasteiger partial charge >= 0.3 is 5.97 Å². The summed E-state index contributed by atoms with van der Waals surface area (Å²) in [6.45, 7) is -0.502. The van der Waals surface area contributed by atoms with Crippen molar-refractivity contribution < 1.29 is 23.8 Å². The standard InChI is InChI=1S/C18H12Cl2N4O5/c19-11-1-2-14(24-8-21-7-22-24)13(5-11)23-16(25)6-27-18(26)10-3-12(20)17-15(4-10)28-9-29-17/h1-5,7-8H,6,9H2,(H,23,25). The van der Waals surface area contributed by atoms with Crippen molar-refractivity contribution in [2.75, 3.05) is 18.7 Å². The highest BCUT2D eigenvalue weighted by Crippen LogP contribution is 2.39. The van der Waals surface area contributed by atoms with Gasteiger partial charge in [0.25, 0.3) is 5.91 Å². The van der Waals surface area contributed by atoms with Crippen molar-refractivity contribution >= 4 is 40.8 Å².